The summed E-state index contributed by atoms with van der Waals surface area (Å²) < 4.78 is 2.00. The van der Waals surface area contributed by atoms with E-state index in [4.69, 9.17) is 0 Å². The molecule has 0 N–H and O–H groups in total. The lowest BCUT2D eigenvalue weighted by Gasteiger charge is -2.47. The van der Waals surface area contributed by atoms with Crippen LogP contribution in [0.4, 0.5) is 0 Å². The first kappa shape index (κ1) is 19.9. The summed E-state index contributed by atoms with van der Waals surface area (Å²) in [5.74, 6) is 0.454. The van der Waals surface area contributed by atoms with Crippen molar-refractivity contribution >= 4 is 11.8 Å². The normalized spacial score (nSPS) is 20.0. The Bertz CT molecular complexity index is 686. The summed E-state index contributed by atoms with van der Waals surface area (Å²) in [5.41, 5.74) is 2.04. The third kappa shape index (κ3) is 4.37. The molecule has 0 saturated carbocycles. The molecule has 6 nitrogen and oxygen atoms in total. The molecule has 150 valence electrons. The summed E-state index contributed by atoms with van der Waals surface area (Å²) in [4.78, 5) is 31.5. The Balaban J connectivity index is 1.57. The van der Waals surface area contributed by atoms with Gasteiger partial charge in [0.25, 0.3) is 5.91 Å². The molecule has 3 rings (SSSR count). The molecule has 1 aromatic heterocycles. The van der Waals surface area contributed by atoms with Crippen LogP contribution in [0, 0.1) is 12.3 Å². The lowest BCUT2D eigenvalue weighted by atomic mass is 9.72. The fourth-order valence-corrected chi connectivity index (χ4v) is 4.48. The molecule has 2 aliphatic heterocycles. The zero-order valence-electron chi connectivity index (χ0n) is 17.3. The predicted molar refractivity (Wildman–Crippen MR) is 107 cm³/mol. The number of aryl methyl sites for hydroxylation is 1. The van der Waals surface area contributed by atoms with E-state index < -0.39 is 0 Å². The van der Waals surface area contributed by atoms with E-state index >= 15 is 0 Å². The van der Waals surface area contributed by atoms with Crippen molar-refractivity contribution in [3.63, 3.8) is 0 Å². The van der Waals surface area contributed by atoms with Crippen molar-refractivity contribution in [2.24, 2.45) is 12.5 Å². The molecule has 0 unspecified atom stereocenters. The number of likely N-dealkylation sites (tertiary alicyclic amines) is 2. The van der Waals surface area contributed by atoms with Gasteiger partial charge in [-0.25, -0.2) is 0 Å². The monoisotopic (exact) mass is 374 g/mol. The van der Waals surface area contributed by atoms with Crippen LogP contribution in [0.15, 0.2) is 12.3 Å². The molecule has 2 aliphatic rings. The Morgan fingerprint density at radius 1 is 1.22 bits per heavy atom. The molecule has 1 aromatic rings. The molecule has 0 atom stereocenters. The first-order chi connectivity index (χ1) is 12.8. The van der Waals surface area contributed by atoms with Crippen molar-refractivity contribution in [3.8, 4) is 0 Å². The molecule has 0 aliphatic carbocycles. The standard InChI is InChI=1S/C21H34N4O2/c1-17-18(7-13-23(17)4)20(27)24-14-9-21(10-15-24)8-6-19(26)25(16-21)12-5-11-22(2)3/h7,13H,5-6,8-12,14-16H2,1-4H3. The second-order valence-corrected chi connectivity index (χ2v) is 8.69. The highest BCUT2D eigenvalue weighted by molar-refractivity contribution is 5.95. The van der Waals surface area contributed by atoms with Gasteiger partial charge in [-0.1, -0.05) is 0 Å². The number of piperidine rings is 2. The second kappa shape index (κ2) is 8.05. The largest absolute Gasteiger partial charge is 0.354 e. The number of hydrogen-bond acceptors (Lipinski definition) is 3. The topological polar surface area (TPSA) is 48.8 Å². The highest BCUT2D eigenvalue weighted by Crippen LogP contribution is 2.40. The molecule has 1 spiro atoms. The van der Waals surface area contributed by atoms with E-state index in [1.807, 2.05) is 35.7 Å². The summed E-state index contributed by atoms with van der Waals surface area (Å²) in [6, 6.07) is 1.92. The molecule has 2 saturated heterocycles. The van der Waals surface area contributed by atoms with Gasteiger partial charge in [-0.2, -0.15) is 0 Å². The van der Waals surface area contributed by atoms with Crippen molar-refractivity contribution in [1.82, 2.24) is 19.3 Å². The summed E-state index contributed by atoms with van der Waals surface area (Å²) in [6.45, 7) is 6.32. The average Bonchev–Trinajstić information content (AvgIpc) is 2.97. The highest BCUT2D eigenvalue weighted by atomic mass is 16.2. The second-order valence-electron chi connectivity index (χ2n) is 8.69. The zero-order chi connectivity index (χ0) is 19.6. The third-order valence-corrected chi connectivity index (χ3v) is 6.51. The molecule has 0 bridgehead atoms. The first-order valence-corrected chi connectivity index (χ1v) is 10.1. The minimum Gasteiger partial charge on any atom is -0.354 e. The van der Waals surface area contributed by atoms with Gasteiger partial charge in [0, 0.05) is 51.5 Å². The number of nitrogens with zero attached hydrogens (tertiary/aromatic N) is 4. The van der Waals surface area contributed by atoms with E-state index in [9.17, 15) is 9.59 Å². The Morgan fingerprint density at radius 2 is 1.93 bits per heavy atom. The van der Waals surface area contributed by atoms with Crippen LogP contribution in [0.1, 0.15) is 48.2 Å². The summed E-state index contributed by atoms with van der Waals surface area (Å²) in [7, 11) is 6.11. The van der Waals surface area contributed by atoms with Gasteiger partial charge in [-0.15, -0.1) is 0 Å². The van der Waals surface area contributed by atoms with Gasteiger partial charge in [0.2, 0.25) is 5.91 Å². The summed E-state index contributed by atoms with van der Waals surface area (Å²) in [6.07, 6.45) is 6.61. The average molecular weight is 375 g/mol. The van der Waals surface area contributed by atoms with Crippen molar-refractivity contribution < 1.29 is 9.59 Å². The van der Waals surface area contributed by atoms with Gasteiger partial charge in [-0.05, 0) is 64.7 Å². The lowest BCUT2D eigenvalue weighted by molar-refractivity contribution is -0.139. The minimum absolute atomic E-state index is 0.151. The van der Waals surface area contributed by atoms with E-state index in [-0.39, 0.29) is 11.3 Å². The third-order valence-electron chi connectivity index (χ3n) is 6.51. The van der Waals surface area contributed by atoms with E-state index in [0.717, 1.165) is 69.7 Å². The first-order valence-electron chi connectivity index (χ1n) is 10.1. The quantitative estimate of drug-likeness (QED) is 0.793. The molecule has 27 heavy (non-hydrogen) atoms. The van der Waals surface area contributed by atoms with Crippen molar-refractivity contribution in [1.29, 1.82) is 0 Å². The molecular weight excluding hydrogens is 340 g/mol. The van der Waals surface area contributed by atoms with Crippen LogP contribution in [0.25, 0.3) is 0 Å². The summed E-state index contributed by atoms with van der Waals surface area (Å²) in [5, 5.41) is 0. The highest BCUT2D eigenvalue weighted by Gasteiger charge is 2.41. The predicted octanol–water partition coefficient (Wildman–Crippen LogP) is 2.13. The molecule has 3 heterocycles. The van der Waals surface area contributed by atoms with Crippen LogP contribution >= 0.6 is 0 Å². The smallest absolute Gasteiger partial charge is 0.255 e. The van der Waals surface area contributed by atoms with Crippen molar-refractivity contribution in [3.05, 3.63) is 23.5 Å². The van der Waals surface area contributed by atoms with Crippen LogP contribution in [0.2, 0.25) is 0 Å². The SMILES string of the molecule is Cc1c(C(=O)N2CCC3(CCC(=O)N(CCCN(C)C)C3)CC2)ccn1C. The van der Waals surface area contributed by atoms with E-state index in [2.05, 4.69) is 23.9 Å². The van der Waals surface area contributed by atoms with Crippen LogP contribution in [-0.4, -0.2) is 77.9 Å². The minimum atomic E-state index is 0.151. The molecule has 2 amide bonds. The maximum Gasteiger partial charge on any atom is 0.255 e. The maximum absolute atomic E-state index is 12.9. The zero-order valence-corrected chi connectivity index (χ0v) is 17.3. The Labute approximate surface area is 163 Å². The number of carbonyl (C=O) groups is 2. The van der Waals surface area contributed by atoms with Gasteiger partial charge in [-0.3, -0.25) is 9.59 Å². The Morgan fingerprint density at radius 3 is 2.52 bits per heavy atom. The van der Waals surface area contributed by atoms with Gasteiger partial charge in [0.1, 0.15) is 0 Å². The van der Waals surface area contributed by atoms with Gasteiger partial charge in [0.15, 0.2) is 0 Å². The molecule has 0 aromatic carbocycles. The van der Waals surface area contributed by atoms with Crippen LogP contribution < -0.4 is 0 Å². The van der Waals surface area contributed by atoms with Gasteiger partial charge in [0.05, 0.1) is 5.56 Å². The number of rotatable bonds is 5. The van der Waals surface area contributed by atoms with Gasteiger partial charge >= 0.3 is 0 Å². The lowest BCUT2D eigenvalue weighted by Crippen LogP contribution is -2.52. The number of carbonyl (C=O) groups excluding carboxylic acids is 2. The van der Waals surface area contributed by atoms with Crippen LogP contribution in [0.5, 0.6) is 0 Å². The van der Waals surface area contributed by atoms with E-state index in [1.54, 1.807) is 0 Å². The summed E-state index contributed by atoms with van der Waals surface area (Å²) >= 11 is 0. The molecule has 0 radical (unpaired) electrons. The van der Waals surface area contributed by atoms with Crippen molar-refractivity contribution in [2.45, 2.75) is 39.0 Å². The van der Waals surface area contributed by atoms with Gasteiger partial charge < -0.3 is 19.3 Å². The van der Waals surface area contributed by atoms with Crippen LogP contribution in [-0.2, 0) is 11.8 Å². The van der Waals surface area contributed by atoms with Crippen LogP contribution in [0.3, 0.4) is 0 Å². The number of aromatic nitrogens is 1. The van der Waals surface area contributed by atoms with E-state index in [1.165, 1.54) is 0 Å². The Kier molecular flexibility index (Phi) is 5.94. The van der Waals surface area contributed by atoms with E-state index in [0.29, 0.717) is 12.3 Å². The maximum atomic E-state index is 12.9. The Hall–Kier alpha value is -1.82. The fraction of sp³-hybridized carbons (Fsp3) is 0.714. The molecular formula is C21H34N4O2. The molecule has 6 heteroatoms. The number of amides is 2. The van der Waals surface area contributed by atoms with Crippen molar-refractivity contribution in [2.75, 3.05) is 46.8 Å². The fourth-order valence-electron chi connectivity index (χ4n) is 4.48. The number of hydrogen-bond donors (Lipinski definition) is 0. The molecule has 2 fully saturated rings.